The Balaban J connectivity index is 2.20. The summed E-state index contributed by atoms with van der Waals surface area (Å²) in [5.41, 5.74) is -0.400. The van der Waals surface area contributed by atoms with E-state index in [1.54, 1.807) is 13.8 Å². The van der Waals surface area contributed by atoms with Gasteiger partial charge in [0.15, 0.2) is 0 Å². The Labute approximate surface area is 135 Å². The maximum atomic E-state index is 13.0. The molecule has 0 radical (unpaired) electrons. The maximum absolute atomic E-state index is 13.0. The van der Waals surface area contributed by atoms with Crippen molar-refractivity contribution in [1.29, 1.82) is 0 Å². The average Bonchev–Trinajstić information content (AvgIpc) is 2.61. The number of nitrogens with zero attached hydrogens (tertiary/aromatic N) is 2. The molecule has 1 heterocycles. The lowest BCUT2D eigenvalue weighted by Crippen LogP contribution is -2.51. The van der Waals surface area contributed by atoms with Gasteiger partial charge in [-0.2, -0.15) is 0 Å². The second-order valence-corrected chi connectivity index (χ2v) is 7.15. The molecule has 0 aliphatic carbocycles. The number of rotatable bonds is 3. The van der Waals surface area contributed by atoms with Crippen molar-refractivity contribution in [3.05, 3.63) is 35.6 Å². The van der Waals surface area contributed by atoms with Crippen LogP contribution in [0.2, 0.25) is 0 Å². The van der Waals surface area contributed by atoms with Gasteiger partial charge in [-0.15, -0.1) is 0 Å². The van der Waals surface area contributed by atoms with Gasteiger partial charge in [-0.1, -0.05) is 0 Å². The second kappa shape index (κ2) is 5.76. The molecule has 5 nitrogen and oxygen atoms in total. The molecule has 2 rings (SSSR count). The van der Waals surface area contributed by atoms with Crippen LogP contribution in [-0.2, 0) is 9.59 Å². The van der Waals surface area contributed by atoms with Gasteiger partial charge in [-0.25, -0.2) is 4.39 Å². The van der Waals surface area contributed by atoms with Crippen LogP contribution in [0.1, 0.15) is 40.2 Å². The summed E-state index contributed by atoms with van der Waals surface area (Å²) in [6.45, 7) is 9.10. The quantitative estimate of drug-likeness (QED) is 0.927. The molecule has 1 N–H and O–H groups in total. The lowest BCUT2D eigenvalue weighted by molar-refractivity contribution is -0.134. The Kier molecular flexibility index (Phi) is 4.28. The normalized spacial score (nSPS) is 17.2. The van der Waals surface area contributed by atoms with E-state index in [4.69, 9.17) is 0 Å². The van der Waals surface area contributed by atoms with Gasteiger partial charge in [0.1, 0.15) is 23.7 Å². The molecule has 0 fully saturated rings. The molecule has 1 aromatic rings. The highest BCUT2D eigenvalue weighted by Gasteiger charge is 2.41. The van der Waals surface area contributed by atoms with E-state index in [0.717, 1.165) is 0 Å². The zero-order chi connectivity index (χ0) is 17.4. The highest BCUT2D eigenvalue weighted by atomic mass is 19.1. The van der Waals surface area contributed by atoms with Crippen molar-refractivity contribution < 1.29 is 14.0 Å². The van der Waals surface area contributed by atoms with E-state index in [2.05, 4.69) is 10.3 Å². The molecule has 0 saturated carbocycles. The summed E-state index contributed by atoms with van der Waals surface area (Å²) in [5.74, 6) is -0.944. The highest BCUT2D eigenvalue weighted by molar-refractivity contribution is 6.46. The molecule has 1 aliphatic heterocycles. The molecule has 0 saturated heterocycles. The van der Waals surface area contributed by atoms with Crippen molar-refractivity contribution >= 4 is 17.5 Å². The summed E-state index contributed by atoms with van der Waals surface area (Å²) in [4.78, 5) is 30.6. The highest BCUT2D eigenvalue weighted by Crippen LogP contribution is 2.26. The van der Waals surface area contributed by atoms with Crippen molar-refractivity contribution in [3.63, 3.8) is 0 Å². The first kappa shape index (κ1) is 17.1. The van der Waals surface area contributed by atoms with Crippen LogP contribution in [0.15, 0.2) is 29.3 Å². The SMILES string of the molecule is CC(C)(C)NC(=O)CN1C(=O)C(c2ccc(F)cc2)=NC1(C)C. The lowest BCUT2D eigenvalue weighted by atomic mass is 10.1. The monoisotopic (exact) mass is 319 g/mol. The predicted octanol–water partition coefficient (Wildman–Crippen LogP) is 2.11. The van der Waals surface area contributed by atoms with E-state index in [0.29, 0.717) is 5.56 Å². The van der Waals surface area contributed by atoms with Gasteiger partial charge in [0.2, 0.25) is 5.91 Å². The predicted molar refractivity (Wildman–Crippen MR) is 86.6 cm³/mol. The van der Waals surface area contributed by atoms with E-state index in [1.165, 1.54) is 29.2 Å². The Morgan fingerprint density at radius 1 is 1.26 bits per heavy atom. The second-order valence-electron chi connectivity index (χ2n) is 7.15. The Hall–Kier alpha value is -2.24. The van der Waals surface area contributed by atoms with Crippen LogP contribution in [0, 0.1) is 5.82 Å². The summed E-state index contributed by atoms with van der Waals surface area (Å²) in [7, 11) is 0. The lowest BCUT2D eigenvalue weighted by Gasteiger charge is -2.30. The number of benzene rings is 1. The zero-order valence-corrected chi connectivity index (χ0v) is 14.1. The van der Waals surface area contributed by atoms with Crippen LogP contribution in [0.25, 0.3) is 0 Å². The fraction of sp³-hybridized carbons (Fsp3) is 0.471. The summed E-state index contributed by atoms with van der Waals surface area (Å²) in [5, 5.41) is 2.83. The van der Waals surface area contributed by atoms with Crippen molar-refractivity contribution in [2.75, 3.05) is 6.54 Å². The molecule has 1 aromatic carbocycles. The number of carbonyl (C=O) groups excluding carboxylic acids is 2. The molecular formula is C17H22FN3O2. The molecular weight excluding hydrogens is 297 g/mol. The first-order chi connectivity index (χ1) is 10.5. The van der Waals surface area contributed by atoms with Gasteiger partial charge < -0.3 is 10.2 Å². The largest absolute Gasteiger partial charge is 0.350 e. The van der Waals surface area contributed by atoms with Gasteiger partial charge in [-0.3, -0.25) is 14.6 Å². The fourth-order valence-corrected chi connectivity index (χ4v) is 2.42. The van der Waals surface area contributed by atoms with Gasteiger partial charge in [-0.05, 0) is 58.9 Å². The van der Waals surface area contributed by atoms with Gasteiger partial charge in [0.05, 0.1) is 0 Å². The van der Waals surface area contributed by atoms with Gasteiger partial charge in [0.25, 0.3) is 5.91 Å². The van der Waals surface area contributed by atoms with Crippen molar-refractivity contribution in [2.45, 2.75) is 45.8 Å². The van der Waals surface area contributed by atoms with Crippen LogP contribution >= 0.6 is 0 Å². The number of amides is 2. The first-order valence-electron chi connectivity index (χ1n) is 7.48. The van der Waals surface area contributed by atoms with Crippen LogP contribution in [0.4, 0.5) is 4.39 Å². The maximum Gasteiger partial charge on any atom is 0.275 e. The van der Waals surface area contributed by atoms with Gasteiger partial charge in [0, 0.05) is 11.1 Å². The smallest absolute Gasteiger partial charge is 0.275 e. The third kappa shape index (κ3) is 3.94. The van der Waals surface area contributed by atoms with Crippen LogP contribution in [0.5, 0.6) is 0 Å². The fourth-order valence-electron chi connectivity index (χ4n) is 2.42. The van der Waals surface area contributed by atoms with Crippen molar-refractivity contribution in [3.8, 4) is 0 Å². The standard InChI is InChI=1S/C17H22FN3O2/c1-16(2,3)19-13(22)10-21-15(23)14(20-17(21,4)5)11-6-8-12(18)9-7-11/h6-9H,10H2,1-5H3,(H,19,22). The summed E-state index contributed by atoms with van der Waals surface area (Å²) in [6, 6.07) is 5.60. The Morgan fingerprint density at radius 2 is 1.83 bits per heavy atom. The number of nitrogens with one attached hydrogen (secondary N) is 1. The molecule has 0 spiro atoms. The number of hydrogen-bond acceptors (Lipinski definition) is 3. The number of carbonyl (C=O) groups is 2. The number of halogens is 1. The van der Waals surface area contributed by atoms with E-state index < -0.39 is 5.66 Å². The Morgan fingerprint density at radius 3 is 2.35 bits per heavy atom. The van der Waals surface area contributed by atoms with E-state index in [9.17, 15) is 14.0 Å². The van der Waals surface area contributed by atoms with Crippen LogP contribution < -0.4 is 5.32 Å². The molecule has 0 atom stereocenters. The van der Waals surface area contributed by atoms with Gasteiger partial charge >= 0.3 is 0 Å². The third-order valence-electron chi connectivity index (χ3n) is 3.43. The minimum atomic E-state index is -0.823. The average molecular weight is 319 g/mol. The first-order valence-corrected chi connectivity index (χ1v) is 7.48. The minimum absolute atomic E-state index is 0.0721. The molecule has 2 amide bonds. The molecule has 0 aromatic heterocycles. The van der Waals surface area contributed by atoms with Crippen LogP contribution in [-0.4, -0.2) is 40.2 Å². The summed E-state index contributed by atoms with van der Waals surface area (Å²) in [6.07, 6.45) is 0. The zero-order valence-electron chi connectivity index (χ0n) is 14.1. The summed E-state index contributed by atoms with van der Waals surface area (Å²) < 4.78 is 13.0. The molecule has 1 aliphatic rings. The molecule has 124 valence electrons. The van der Waals surface area contributed by atoms with Crippen molar-refractivity contribution in [2.24, 2.45) is 4.99 Å². The Bertz CT molecular complexity index is 657. The van der Waals surface area contributed by atoms with E-state index in [-0.39, 0.29) is 35.4 Å². The van der Waals surface area contributed by atoms with Crippen molar-refractivity contribution in [1.82, 2.24) is 10.2 Å². The van der Waals surface area contributed by atoms with E-state index in [1.807, 2.05) is 20.8 Å². The third-order valence-corrected chi connectivity index (χ3v) is 3.43. The number of aliphatic imine (C=N–C) groups is 1. The minimum Gasteiger partial charge on any atom is -0.350 e. The summed E-state index contributed by atoms with van der Waals surface area (Å²) >= 11 is 0. The molecule has 6 heteroatoms. The topological polar surface area (TPSA) is 61.8 Å². The molecule has 0 unspecified atom stereocenters. The van der Waals surface area contributed by atoms with Crippen LogP contribution in [0.3, 0.4) is 0 Å². The molecule has 0 bridgehead atoms. The number of hydrogen-bond donors (Lipinski definition) is 1. The molecule has 23 heavy (non-hydrogen) atoms. The van der Waals surface area contributed by atoms with E-state index >= 15 is 0 Å².